The topological polar surface area (TPSA) is 34.9 Å². The third-order valence-electron chi connectivity index (χ3n) is 2.22. The van der Waals surface area contributed by atoms with Crippen LogP contribution in [0.3, 0.4) is 0 Å². The van der Waals surface area contributed by atoms with E-state index in [9.17, 15) is 13.6 Å². The van der Waals surface area contributed by atoms with Gasteiger partial charge in [0.25, 0.3) is 5.56 Å². The van der Waals surface area contributed by atoms with Gasteiger partial charge in [0.2, 0.25) is 0 Å². The molecule has 1 aromatic heterocycles. The van der Waals surface area contributed by atoms with E-state index >= 15 is 0 Å². The molecular formula is C11H7ClF2N2O. The molecule has 2 rings (SSSR count). The lowest BCUT2D eigenvalue weighted by Gasteiger charge is -2.06. The van der Waals surface area contributed by atoms with Gasteiger partial charge in [0, 0.05) is 18.0 Å². The summed E-state index contributed by atoms with van der Waals surface area (Å²) in [7, 11) is 0. The van der Waals surface area contributed by atoms with Crippen LogP contribution in [-0.2, 0) is 6.54 Å². The highest BCUT2D eigenvalue weighted by atomic mass is 35.5. The van der Waals surface area contributed by atoms with Gasteiger partial charge in [-0.05, 0) is 18.2 Å². The number of halogens is 3. The van der Waals surface area contributed by atoms with Gasteiger partial charge in [-0.25, -0.2) is 13.8 Å². The first-order valence-corrected chi connectivity index (χ1v) is 5.10. The van der Waals surface area contributed by atoms with E-state index in [1.807, 2.05) is 0 Å². The second kappa shape index (κ2) is 4.63. The Kier molecular flexibility index (Phi) is 3.19. The van der Waals surface area contributed by atoms with Crippen LogP contribution in [0.1, 0.15) is 5.56 Å². The number of aromatic nitrogens is 2. The smallest absolute Gasteiger partial charge is 0.288 e. The van der Waals surface area contributed by atoms with Crippen molar-refractivity contribution in [2.45, 2.75) is 6.54 Å². The molecule has 1 aromatic carbocycles. The molecule has 1 heterocycles. The quantitative estimate of drug-likeness (QED) is 0.826. The summed E-state index contributed by atoms with van der Waals surface area (Å²) < 4.78 is 27.5. The fourth-order valence-electron chi connectivity index (χ4n) is 1.39. The minimum Gasteiger partial charge on any atom is -0.307 e. The van der Waals surface area contributed by atoms with E-state index in [0.29, 0.717) is 0 Å². The zero-order valence-corrected chi connectivity index (χ0v) is 9.29. The Hall–Kier alpha value is -1.75. The van der Waals surface area contributed by atoms with E-state index in [4.69, 9.17) is 11.6 Å². The second-order valence-corrected chi connectivity index (χ2v) is 3.74. The number of hydrogen-bond acceptors (Lipinski definition) is 2. The molecule has 0 saturated heterocycles. The molecule has 0 fully saturated rings. The van der Waals surface area contributed by atoms with Gasteiger partial charge in [-0.2, -0.15) is 0 Å². The van der Waals surface area contributed by atoms with E-state index in [1.165, 1.54) is 12.4 Å². The molecule has 88 valence electrons. The summed E-state index contributed by atoms with van der Waals surface area (Å²) in [4.78, 5) is 15.1. The van der Waals surface area contributed by atoms with E-state index in [-0.39, 0.29) is 17.3 Å². The van der Waals surface area contributed by atoms with Gasteiger partial charge in [0.05, 0.1) is 6.54 Å². The van der Waals surface area contributed by atoms with E-state index < -0.39 is 17.2 Å². The Morgan fingerprint density at radius 1 is 1.35 bits per heavy atom. The van der Waals surface area contributed by atoms with Crippen LogP contribution < -0.4 is 5.56 Å². The van der Waals surface area contributed by atoms with Crippen molar-refractivity contribution in [1.82, 2.24) is 9.55 Å². The number of nitrogens with zero attached hydrogens (tertiary/aromatic N) is 2. The van der Waals surface area contributed by atoms with Gasteiger partial charge in [-0.15, -0.1) is 0 Å². The van der Waals surface area contributed by atoms with Crippen molar-refractivity contribution in [2.24, 2.45) is 0 Å². The van der Waals surface area contributed by atoms with Gasteiger partial charge < -0.3 is 4.57 Å². The molecule has 0 spiro atoms. The maximum atomic E-state index is 13.4. The molecule has 0 radical (unpaired) electrons. The maximum absolute atomic E-state index is 13.4. The molecule has 0 aliphatic carbocycles. The molecule has 0 aliphatic heterocycles. The van der Waals surface area contributed by atoms with Gasteiger partial charge in [0.1, 0.15) is 11.6 Å². The SMILES string of the molecule is O=c1c(Cl)nccn1Cc1cc(F)ccc1F. The molecule has 0 N–H and O–H groups in total. The minimum absolute atomic E-state index is 0.0781. The van der Waals surface area contributed by atoms with Crippen molar-refractivity contribution >= 4 is 11.6 Å². The standard InChI is InChI=1S/C11H7ClF2N2O/c12-10-11(17)16(4-3-15-10)6-7-5-8(13)1-2-9(7)14/h1-5H,6H2. The minimum atomic E-state index is -0.578. The number of benzene rings is 1. The fourth-order valence-corrected chi connectivity index (χ4v) is 1.56. The lowest BCUT2D eigenvalue weighted by molar-refractivity contribution is 0.574. The maximum Gasteiger partial charge on any atom is 0.288 e. The van der Waals surface area contributed by atoms with Crippen molar-refractivity contribution in [2.75, 3.05) is 0 Å². The third kappa shape index (κ3) is 2.50. The summed E-state index contributed by atoms with van der Waals surface area (Å²) in [5, 5.41) is -0.204. The van der Waals surface area contributed by atoms with E-state index in [1.54, 1.807) is 0 Å². The Balaban J connectivity index is 2.41. The van der Waals surface area contributed by atoms with Gasteiger partial charge in [0.15, 0.2) is 5.15 Å². The molecule has 3 nitrogen and oxygen atoms in total. The molecule has 0 atom stereocenters. The van der Waals surface area contributed by atoms with Crippen LogP contribution in [0, 0.1) is 11.6 Å². The zero-order valence-electron chi connectivity index (χ0n) is 8.53. The summed E-state index contributed by atoms with van der Waals surface area (Å²) in [6.45, 7) is -0.0926. The van der Waals surface area contributed by atoms with Crippen molar-refractivity contribution in [3.05, 3.63) is 63.3 Å². The summed E-state index contributed by atoms with van der Waals surface area (Å²) in [6, 6.07) is 3.07. The van der Waals surface area contributed by atoms with Crippen LogP contribution in [-0.4, -0.2) is 9.55 Å². The lowest BCUT2D eigenvalue weighted by atomic mass is 10.2. The molecular weight excluding hydrogens is 250 g/mol. The van der Waals surface area contributed by atoms with Gasteiger partial charge in [-0.3, -0.25) is 4.79 Å². The van der Waals surface area contributed by atoms with Crippen LogP contribution in [0.25, 0.3) is 0 Å². The highest BCUT2D eigenvalue weighted by Crippen LogP contribution is 2.10. The highest BCUT2D eigenvalue weighted by Gasteiger charge is 2.07. The summed E-state index contributed by atoms with van der Waals surface area (Å²) in [5.41, 5.74) is -0.466. The molecule has 0 bridgehead atoms. The van der Waals surface area contributed by atoms with Crippen LogP contribution in [0.5, 0.6) is 0 Å². The van der Waals surface area contributed by atoms with Crippen LogP contribution >= 0.6 is 11.6 Å². The highest BCUT2D eigenvalue weighted by molar-refractivity contribution is 6.29. The summed E-state index contributed by atoms with van der Waals surface area (Å²) in [5.74, 6) is -1.14. The van der Waals surface area contributed by atoms with Crippen LogP contribution in [0.4, 0.5) is 8.78 Å². The first kappa shape index (κ1) is 11.7. The van der Waals surface area contributed by atoms with Crippen molar-refractivity contribution in [3.63, 3.8) is 0 Å². The molecule has 2 aromatic rings. The lowest BCUT2D eigenvalue weighted by Crippen LogP contribution is -2.21. The predicted molar refractivity (Wildman–Crippen MR) is 59.0 cm³/mol. The predicted octanol–water partition coefficient (Wildman–Crippen LogP) is 2.22. The molecule has 0 saturated carbocycles. The Morgan fingerprint density at radius 3 is 2.88 bits per heavy atom. The van der Waals surface area contributed by atoms with Crippen molar-refractivity contribution < 1.29 is 8.78 Å². The van der Waals surface area contributed by atoms with Gasteiger partial charge in [-0.1, -0.05) is 11.6 Å². The molecule has 6 heteroatoms. The first-order valence-electron chi connectivity index (χ1n) is 4.73. The largest absolute Gasteiger partial charge is 0.307 e. The van der Waals surface area contributed by atoms with E-state index in [0.717, 1.165) is 22.8 Å². The molecule has 0 amide bonds. The average molecular weight is 257 g/mol. The van der Waals surface area contributed by atoms with Gasteiger partial charge >= 0.3 is 0 Å². The van der Waals surface area contributed by atoms with Crippen LogP contribution in [0.2, 0.25) is 5.15 Å². The molecule has 0 aliphatic rings. The number of rotatable bonds is 2. The normalized spacial score (nSPS) is 10.5. The van der Waals surface area contributed by atoms with Crippen molar-refractivity contribution in [3.8, 4) is 0 Å². The van der Waals surface area contributed by atoms with Crippen LogP contribution in [0.15, 0.2) is 35.4 Å². The molecule has 0 unspecified atom stereocenters. The Labute approximate surface area is 100 Å². The summed E-state index contributed by atoms with van der Waals surface area (Å²) in [6.07, 6.45) is 2.68. The monoisotopic (exact) mass is 256 g/mol. The average Bonchev–Trinajstić information content (AvgIpc) is 2.30. The number of hydrogen-bond donors (Lipinski definition) is 0. The fraction of sp³-hybridized carbons (Fsp3) is 0.0909. The third-order valence-corrected chi connectivity index (χ3v) is 2.48. The second-order valence-electron chi connectivity index (χ2n) is 3.39. The molecule has 17 heavy (non-hydrogen) atoms. The van der Waals surface area contributed by atoms with Crippen molar-refractivity contribution in [1.29, 1.82) is 0 Å². The Bertz CT molecular complexity index is 613. The van der Waals surface area contributed by atoms with E-state index in [2.05, 4.69) is 4.98 Å². The summed E-state index contributed by atoms with van der Waals surface area (Å²) >= 11 is 5.54. The Morgan fingerprint density at radius 2 is 2.12 bits per heavy atom. The zero-order chi connectivity index (χ0) is 12.4. The first-order chi connectivity index (χ1) is 8.08.